The zero-order valence-electron chi connectivity index (χ0n) is 14.4. The van der Waals surface area contributed by atoms with Crippen molar-refractivity contribution >= 4 is 5.91 Å². The van der Waals surface area contributed by atoms with E-state index in [1.54, 1.807) is 0 Å². The second-order valence-corrected chi connectivity index (χ2v) is 6.20. The van der Waals surface area contributed by atoms with Gasteiger partial charge in [-0.05, 0) is 12.5 Å². The van der Waals surface area contributed by atoms with Crippen LogP contribution in [0.25, 0.3) is 0 Å². The highest BCUT2D eigenvalue weighted by Gasteiger charge is 2.07. The van der Waals surface area contributed by atoms with Crippen LogP contribution in [0.4, 0.5) is 0 Å². The Labute approximate surface area is 136 Å². The molecule has 0 saturated heterocycles. The summed E-state index contributed by atoms with van der Waals surface area (Å²) < 4.78 is 1.90. The molecule has 1 N–H and O–H groups in total. The molecule has 0 atom stereocenters. The molecular weight excluding hydrogens is 272 g/mol. The molecule has 0 aliphatic heterocycles. The molecule has 0 aliphatic rings. The van der Waals surface area contributed by atoms with Crippen LogP contribution in [-0.4, -0.2) is 12.5 Å². The van der Waals surface area contributed by atoms with Gasteiger partial charge in [-0.25, -0.2) is 4.57 Å². The third-order valence-electron chi connectivity index (χ3n) is 4.02. The smallest absolute Gasteiger partial charge is 0.257 e. The maximum absolute atomic E-state index is 11.9. The molecule has 124 valence electrons. The molecule has 1 amide bonds. The lowest BCUT2D eigenvalue weighted by molar-refractivity contribution is -0.671. The van der Waals surface area contributed by atoms with Gasteiger partial charge in [0, 0.05) is 12.6 Å². The number of amides is 1. The van der Waals surface area contributed by atoms with E-state index >= 15 is 0 Å². The van der Waals surface area contributed by atoms with Crippen molar-refractivity contribution in [2.75, 3.05) is 6.54 Å². The molecule has 1 heterocycles. The summed E-state index contributed by atoms with van der Waals surface area (Å²) in [5, 5.41) is 3.00. The Morgan fingerprint density at radius 2 is 1.59 bits per heavy atom. The van der Waals surface area contributed by atoms with Crippen LogP contribution in [0.15, 0.2) is 24.5 Å². The van der Waals surface area contributed by atoms with Crippen molar-refractivity contribution in [1.29, 1.82) is 0 Å². The summed E-state index contributed by atoms with van der Waals surface area (Å²) in [4.78, 5) is 11.9. The Balaban J connectivity index is 1.94. The first kappa shape index (κ1) is 18.7. The maximum atomic E-state index is 11.9. The SMILES string of the molecule is CCCCCCCCCCCCNC(=O)c1ccc[n+](C)c1. The predicted molar refractivity (Wildman–Crippen MR) is 91.8 cm³/mol. The summed E-state index contributed by atoms with van der Waals surface area (Å²) in [6.45, 7) is 3.05. The van der Waals surface area contributed by atoms with Gasteiger partial charge in [0.15, 0.2) is 12.4 Å². The molecule has 3 heteroatoms. The quantitative estimate of drug-likeness (QED) is 0.456. The number of aromatic nitrogens is 1. The van der Waals surface area contributed by atoms with Crippen LogP contribution in [-0.2, 0) is 7.05 Å². The largest absolute Gasteiger partial charge is 0.352 e. The van der Waals surface area contributed by atoms with E-state index in [0.717, 1.165) is 18.5 Å². The standard InChI is InChI=1S/C19H32N2O/c1-3-4-5-6-7-8-9-10-11-12-15-20-19(22)18-14-13-16-21(2)17-18/h13-14,16-17H,3-12,15H2,1-2H3/p+1. The Morgan fingerprint density at radius 3 is 2.18 bits per heavy atom. The molecular formula is C19H33N2O+. The lowest BCUT2D eigenvalue weighted by Gasteiger charge is -2.05. The summed E-state index contributed by atoms with van der Waals surface area (Å²) in [6.07, 6.45) is 17.0. The van der Waals surface area contributed by atoms with Gasteiger partial charge in [-0.2, -0.15) is 0 Å². The maximum Gasteiger partial charge on any atom is 0.257 e. The van der Waals surface area contributed by atoms with E-state index in [1.807, 2.05) is 36.1 Å². The first-order valence-corrected chi connectivity index (χ1v) is 8.97. The fourth-order valence-corrected chi connectivity index (χ4v) is 2.64. The van der Waals surface area contributed by atoms with Crippen LogP contribution >= 0.6 is 0 Å². The molecule has 1 aromatic heterocycles. The second-order valence-electron chi connectivity index (χ2n) is 6.20. The number of nitrogens with zero attached hydrogens (tertiary/aromatic N) is 1. The number of carbonyl (C=O) groups excluding carboxylic acids is 1. The van der Waals surface area contributed by atoms with E-state index < -0.39 is 0 Å². The van der Waals surface area contributed by atoms with E-state index in [9.17, 15) is 4.79 Å². The summed E-state index contributed by atoms with van der Waals surface area (Å²) in [5.74, 6) is 0.0344. The van der Waals surface area contributed by atoms with Crippen molar-refractivity contribution in [2.45, 2.75) is 71.1 Å². The lowest BCUT2D eigenvalue weighted by atomic mass is 10.1. The van der Waals surface area contributed by atoms with Crippen molar-refractivity contribution in [3.05, 3.63) is 30.1 Å². The van der Waals surface area contributed by atoms with E-state index in [2.05, 4.69) is 12.2 Å². The van der Waals surface area contributed by atoms with Gasteiger partial charge in [0.2, 0.25) is 0 Å². The monoisotopic (exact) mass is 305 g/mol. The van der Waals surface area contributed by atoms with Gasteiger partial charge < -0.3 is 5.32 Å². The van der Waals surface area contributed by atoms with Crippen molar-refractivity contribution in [1.82, 2.24) is 5.32 Å². The molecule has 3 nitrogen and oxygen atoms in total. The molecule has 0 aromatic carbocycles. The highest BCUT2D eigenvalue weighted by atomic mass is 16.1. The molecule has 0 bridgehead atoms. The molecule has 0 unspecified atom stereocenters. The van der Waals surface area contributed by atoms with E-state index in [0.29, 0.717) is 0 Å². The molecule has 0 saturated carbocycles. The average molecular weight is 305 g/mol. The van der Waals surface area contributed by atoms with Gasteiger partial charge in [-0.1, -0.05) is 64.7 Å². The second kappa shape index (κ2) is 12.2. The number of hydrogen-bond donors (Lipinski definition) is 1. The Hall–Kier alpha value is -1.38. The minimum Gasteiger partial charge on any atom is -0.352 e. The van der Waals surface area contributed by atoms with Crippen molar-refractivity contribution in [3.63, 3.8) is 0 Å². The van der Waals surface area contributed by atoms with Gasteiger partial charge in [0.25, 0.3) is 5.91 Å². The molecule has 0 radical (unpaired) electrons. The number of aryl methyl sites for hydroxylation is 1. The molecule has 22 heavy (non-hydrogen) atoms. The normalized spacial score (nSPS) is 10.6. The van der Waals surface area contributed by atoms with Crippen LogP contribution in [0, 0.1) is 0 Å². The summed E-state index contributed by atoms with van der Waals surface area (Å²) >= 11 is 0. The Kier molecular flexibility index (Phi) is 10.3. The third-order valence-corrected chi connectivity index (χ3v) is 4.02. The number of unbranched alkanes of at least 4 members (excludes halogenated alkanes) is 9. The van der Waals surface area contributed by atoms with Crippen molar-refractivity contribution in [2.24, 2.45) is 7.05 Å². The molecule has 0 spiro atoms. The van der Waals surface area contributed by atoms with E-state index in [-0.39, 0.29) is 5.91 Å². The summed E-state index contributed by atoms with van der Waals surface area (Å²) in [7, 11) is 1.93. The number of carbonyl (C=O) groups is 1. The topological polar surface area (TPSA) is 33.0 Å². The third kappa shape index (κ3) is 8.81. The lowest BCUT2D eigenvalue weighted by Crippen LogP contribution is -2.31. The minimum absolute atomic E-state index is 0.0344. The number of nitrogens with one attached hydrogen (secondary N) is 1. The minimum atomic E-state index is 0.0344. The van der Waals surface area contributed by atoms with Crippen molar-refractivity contribution < 1.29 is 9.36 Å². The fourth-order valence-electron chi connectivity index (χ4n) is 2.64. The molecule has 1 aromatic rings. The summed E-state index contributed by atoms with van der Waals surface area (Å²) in [5.41, 5.74) is 0.733. The van der Waals surface area contributed by atoms with Crippen LogP contribution in [0.5, 0.6) is 0 Å². The number of hydrogen-bond acceptors (Lipinski definition) is 1. The average Bonchev–Trinajstić information content (AvgIpc) is 2.52. The van der Waals surface area contributed by atoms with E-state index in [1.165, 1.54) is 57.8 Å². The van der Waals surface area contributed by atoms with Gasteiger partial charge in [-0.3, -0.25) is 4.79 Å². The van der Waals surface area contributed by atoms with Crippen LogP contribution < -0.4 is 9.88 Å². The highest BCUT2D eigenvalue weighted by molar-refractivity contribution is 5.93. The van der Waals surface area contributed by atoms with Gasteiger partial charge in [-0.15, -0.1) is 0 Å². The van der Waals surface area contributed by atoms with Gasteiger partial charge in [0.1, 0.15) is 12.6 Å². The highest BCUT2D eigenvalue weighted by Crippen LogP contribution is 2.10. The first-order chi connectivity index (χ1) is 10.7. The first-order valence-electron chi connectivity index (χ1n) is 8.97. The van der Waals surface area contributed by atoms with E-state index in [4.69, 9.17) is 0 Å². The number of pyridine rings is 1. The molecule has 0 fully saturated rings. The zero-order valence-corrected chi connectivity index (χ0v) is 14.4. The zero-order chi connectivity index (χ0) is 16.0. The van der Waals surface area contributed by atoms with Crippen LogP contribution in [0.2, 0.25) is 0 Å². The van der Waals surface area contributed by atoms with Crippen LogP contribution in [0.1, 0.15) is 81.5 Å². The van der Waals surface area contributed by atoms with Gasteiger partial charge >= 0.3 is 0 Å². The Morgan fingerprint density at radius 1 is 1.00 bits per heavy atom. The van der Waals surface area contributed by atoms with Crippen LogP contribution in [0.3, 0.4) is 0 Å². The molecule has 0 aliphatic carbocycles. The van der Waals surface area contributed by atoms with Crippen molar-refractivity contribution in [3.8, 4) is 0 Å². The van der Waals surface area contributed by atoms with Gasteiger partial charge in [0.05, 0.1) is 0 Å². The Bertz CT molecular complexity index is 418. The number of rotatable bonds is 12. The predicted octanol–water partition coefficient (Wildman–Crippen LogP) is 4.16. The fraction of sp³-hybridized carbons (Fsp3) is 0.684. The molecule has 1 rings (SSSR count). The summed E-state index contributed by atoms with van der Waals surface area (Å²) in [6, 6.07) is 3.75.